The van der Waals surface area contributed by atoms with Gasteiger partial charge in [0.2, 0.25) is 0 Å². The molecule has 0 aliphatic heterocycles. The fourth-order valence-corrected chi connectivity index (χ4v) is 12.6. The van der Waals surface area contributed by atoms with E-state index in [9.17, 15) is 0 Å². The Bertz CT molecular complexity index is 4650. The van der Waals surface area contributed by atoms with Crippen molar-refractivity contribution < 1.29 is 8.83 Å². The van der Waals surface area contributed by atoms with E-state index >= 15 is 0 Å². The summed E-state index contributed by atoms with van der Waals surface area (Å²) in [5, 5.41) is 6.18. The van der Waals surface area contributed by atoms with E-state index in [1.165, 1.54) is 0 Å². The lowest BCUT2D eigenvalue weighted by Gasteiger charge is -2.25. The van der Waals surface area contributed by atoms with Gasteiger partial charge < -0.3 is 28.1 Å². The minimum absolute atomic E-state index is 0.809. The lowest BCUT2D eigenvalue weighted by Crippen LogP contribution is -2.09. The standard InChI is InChI=1S/C78H52N4O2/c1-7-23-55(24-8-1)79(56-25-9-2-10-26-56)61-43-39-53(40-44-61)67-51-69-75(77-73(67)65-35-19-21-37-71(65)83-77)76-70(82(69)64-49-47-63(48-50-64)81(59-31-15-5-16-32-59)60-33-17-6-18-34-60)52-68(74-66-36-20-22-38-72(66)84-78(74)76)54-41-45-62(46-42-54)80(57-27-11-3-12-28-57)58-29-13-4-14-30-58/h1-52H. The summed E-state index contributed by atoms with van der Waals surface area (Å²) >= 11 is 0. The van der Waals surface area contributed by atoms with Gasteiger partial charge in [0, 0.05) is 78.4 Å². The Morgan fingerprint density at radius 2 is 0.500 bits per heavy atom. The largest absolute Gasteiger partial charge is 0.455 e. The number of benzene rings is 13. The number of rotatable bonds is 12. The van der Waals surface area contributed by atoms with Crippen molar-refractivity contribution in [1.29, 1.82) is 0 Å². The van der Waals surface area contributed by atoms with E-state index in [-0.39, 0.29) is 0 Å². The van der Waals surface area contributed by atoms with Crippen molar-refractivity contribution in [3.05, 3.63) is 315 Å². The van der Waals surface area contributed by atoms with E-state index in [1.54, 1.807) is 0 Å². The minimum atomic E-state index is 0.809. The molecule has 0 aliphatic rings. The molecule has 396 valence electrons. The zero-order chi connectivity index (χ0) is 55.5. The highest BCUT2D eigenvalue weighted by atomic mass is 16.3. The van der Waals surface area contributed by atoms with Crippen LogP contribution in [0, 0.1) is 0 Å². The van der Waals surface area contributed by atoms with Crippen molar-refractivity contribution >= 4 is 117 Å². The third-order valence-electron chi connectivity index (χ3n) is 16.3. The summed E-state index contributed by atoms with van der Waals surface area (Å²) in [5.41, 5.74) is 20.2. The number of fused-ring (bicyclic) bond motifs is 11. The first kappa shape index (κ1) is 48.6. The van der Waals surface area contributed by atoms with Crippen molar-refractivity contribution in [2.75, 3.05) is 14.7 Å². The molecule has 0 spiro atoms. The van der Waals surface area contributed by atoms with Crippen LogP contribution < -0.4 is 14.7 Å². The second-order valence-corrected chi connectivity index (χ2v) is 21.2. The predicted molar refractivity (Wildman–Crippen MR) is 350 cm³/mol. The van der Waals surface area contributed by atoms with E-state index in [4.69, 9.17) is 8.83 Å². The van der Waals surface area contributed by atoms with Gasteiger partial charge in [0.15, 0.2) is 0 Å². The molecule has 0 atom stereocenters. The molecule has 16 aromatic rings. The number of hydrogen-bond acceptors (Lipinski definition) is 5. The highest BCUT2D eigenvalue weighted by Gasteiger charge is 2.28. The predicted octanol–water partition coefficient (Wildman–Crippen LogP) is 22.3. The van der Waals surface area contributed by atoms with Gasteiger partial charge >= 0.3 is 0 Å². The molecule has 3 heterocycles. The van der Waals surface area contributed by atoms with Crippen molar-refractivity contribution in [3.63, 3.8) is 0 Å². The lowest BCUT2D eigenvalue weighted by atomic mass is 9.94. The maximum absolute atomic E-state index is 7.28. The third kappa shape index (κ3) is 8.19. The van der Waals surface area contributed by atoms with Crippen molar-refractivity contribution in [1.82, 2.24) is 4.57 Å². The van der Waals surface area contributed by atoms with Crippen molar-refractivity contribution in [3.8, 4) is 27.9 Å². The first-order valence-electron chi connectivity index (χ1n) is 28.5. The van der Waals surface area contributed by atoms with Gasteiger partial charge in [0.05, 0.1) is 21.8 Å². The molecular formula is C78H52N4O2. The Morgan fingerprint density at radius 3 is 0.810 bits per heavy atom. The molecule has 6 nitrogen and oxygen atoms in total. The zero-order valence-electron chi connectivity index (χ0n) is 45.6. The zero-order valence-corrected chi connectivity index (χ0v) is 45.6. The minimum Gasteiger partial charge on any atom is -0.455 e. The summed E-state index contributed by atoms with van der Waals surface area (Å²) in [6, 6.07) is 112. The van der Waals surface area contributed by atoms with Crippen molar-refractivity contribution in [2.45, 2.75) is 0 Å². The molecule has 0 fully saturated rings. The van der Waals surface area contributed by atoms with Crippen LogP contribution in [0.25, 0.3) is 93.6 Å². The SMILES string of the molecule is c1ccc(N(c2ccccc2)c2ccc(-c3cc4c(c5oc6ccccc6c35)c3c5oc6ccccc6c5c(-c5ccc(N(c6ccccc6)c6ccccc6)cc5)cc3n4-c3ccc(N(c4ccccc4)c4ccccc4)cc3)cc2)cc1. The van der Waals surface area contributed by atoms with Gasteiger partial charge in [-0.1, -0.05) is 170 Å². The molecule has 6 heteroatoms. The van der Waals surface area contributed by atoms with Crippen LogP contribution in [0.3, 0.4) is 0 Å². The van der Waals surface area contributed by atoms with Crippen LogP contribution in [0.15, 0.2) is 324 Å². The van der Waals surface area contributed by atoms with Crippen LogP contribution in [0.1, 0.15) is 0 Å². The molecule has 3 aromatic heterocycles. The first-order valence-corrected chi connectivity index (χ1v) is 28.5. The Hall–Kier alpha value is -11.3. The number of furan rings is 2. The maximum Gasteiger partial charge on any atom is 0.146 e. The average Bonchev–Trinajstić information content (AvgIpc) is 1.74. The number of anilines is 9. The molecule has 0 radical (unpaired) electrons. The highest BCUT2D eigenvalue weighted by Crippen LogP contribution is 2.51. The van der Waals surface area contributed by atoms with Crippen molar-refractivity contribution in [2.24, 2.45) is 0 Å². The molecule has 0 amide bonds. The Balaban J connectivity index is 0.964. The molecule has 0 unspecified atom stereocenters. The Kier molecular flexibility index (Phi) is 11.8. The molecule has 13 aromatic carbocycles. The fraction of sp³-hybridized carbons (Fsp3) is 0. The van der Waals surface area contributed by atoms with Gasteiger partial charge in [-0.3, -0.25) is 0 Å². The van der Waals surface area contributed by atoms with Gasteiger partial charge in [0.25, 0.3) is 0 Å². The van der Waals surface area contributed by atoms with Crippen LogP contribution >= 0.6 is 0 Å². The molecule has 0 N–H and O–H groups in total. The van der Waals surface area contributed by atoms with E-state index in [0.29, 0.717) is 0 Å². The molecule has 0 aliphatic carbocycles. The maximum atomic E-state index is 7.28. The summed E-state index contributed by atoms with van der Waals surface area (Å²) in [4.78, 5) is 6.92. The first-order chi connectivity index (χ1) is 41.7. The lowest BCUT2D eigenvalue weighted by molar-refractivity contribution is 0.670. The van der Waals surface area contributed by atoms with E-state index in [1.807, 2.05) is 0 Å². The second kappa shape index (κ2) is 20.3. The van der Waals surface area contributed by atoms with Gasteiger partial charge in [0.1, 0.15) is 22.3 Å². The normalized spacial score (nSPS) is 11.6. The smallest absolute Gasteiger partial charge is 0.146 e. The van der Waals surface area contributed by atoms with E-state index in [2.05, 4.69) is 335 Å². The van der Waals surface area contributed by atoms with E-state index in [0.717, 1.165) is 145 Å². The van der Waals surface area contributed by atoms with Crippen LogP contribution in [0.5, 0.6) is 0 Å². The molecule has 16 rings (SSSR count). The second-order valence-electron chi connectivity index (χ2n) is 21.2. The van der Waals surface area contributed by atoms with Gasteiger partial charge in [-0.2, -0.15) is 0 Å². The number of aromatic nitrogens is 1. The van der Waals surface area contributed by atoms with E-state index < -0.39 is 0 Å². The average molecular weight is 1080 g/mol. The summed E-state index contributed by atoms with van der Waals surface area (Å²) in [6.07, 6.45) is 0. The van der Waals surface area contributed by atoms with Crippen LogP contribution in [0.2, 0.25) is 0 Å². The highest BCUT2D eigenvalue weighted by molar-refractivity contribution is 6.34. The Morgan fingerprint density at radius 1 is 0.238 bits per heavy atom. The van der Waals surface area contributed by atoms with Gasteiger partial charge in [-0.05, 0) is 168 Å². The summed E-state index contributed by atoms with van der Waals surface area (Å²) < 4.78 is 17.0. The third-order valence-corrected chi connectivity index (χ3v) is 16.3. The number of hydrogen-bond donors (Lipinski definition) is 0. The van der Waals surface area contributed by atoms with Crippen LogP contribution in [0.4, 0.5) is 51.2 Å². The molecule has 0 saturated carbocycles. The van der Waals surface area contributed by atoms with Gasteiger partial charge in [-0.25, -0.2) is 0 Å². The summed E-state index contributed by atoms with van der Waals surface area (Å²) in [7, 11) is 0. The molecular weight excluding hydrogens is 1020 g/mol. The summed E-state index contributed by atoms with van der Waals surface area (Å²) in [5.74, 6) is 0. The van der Waals surface area contributed by atoms with Gasteiger partial charge in [-0.15, -0.1) is 0 Å². The number of para-hydroxylation sites is 8. The monoisotopic (exact) mass is 1080 g/mol. The number of nitrogens with zero attached hydrogens (tertiary/aromatic N) is 4. The quantitative estimate of drug-likeness (QED) is 0.122. The Labute approximate surface area is 485 Å². The topological polar surface area (TPSA) is 40.9 Å². The summed E-state index contributed by atoms with van der Waals surface area (Å²) in [6.45, 7) is 0. The van der Waals surface area contributed by atoms with Crippen LogP contribution in [-0.4, -0.2) is 4.57 Å². The molecule has 0 bridgehead atoms. The van der Waals surface area contributed by atoms with Crippen LogP contribution in [-0.2, 0) is 0 Å². The fourth-order valence-electron chi connectivity index (χ4n) is 12.6. The molecule has 0 saturated heterocycles. The molecule has 84 heavy (non-hydrogen) atoms.